The summed E-state index contributed by atoms with van der Waals surface area (Å²) in [4.78, 5) is 14.5. The fourth-order valence-electron chi connectivity index (χ4n) is 11.2. The molecule has 0 atom stereocenters. The average molecular weight is 1250 g/mol. The molecule has 0 saturated heterocycles. The molecule has 0 saturated carbocycles. The summed E-state index contributed by atoms with van der Waals surface area (Å²) in [5, 5.41) is 44.9. The molecular weight excluding hydrogens is 1210 g/mol. The van der Waals surface area contributed by atoms with Crippen LogP contribution in [0.1, 0.15) is 0 Å². The topological polar surface area (TPSA) is 99.4 Å². The summed E-state index contributed by atoms with van der Waals surface area (Å²) < 4.78 is 14.2. The van der Waals surface area contributed by atoms with Crippen molar-refractivity contribution in [2.24, 2.45) is 0 Å². The van der Waals surface area contributed by atoms with Gasteiger partial charge >= 0.3 is 7.12 Å². The number of nitrogens with one attached hydrogen (secondary N) is 1. The van der Waals surface area contributed by atoms with E-state index in [9.17, 15) is 10.1 Å². The highest BCUT2D eigenvalue weighted by atomic mass is 79.9. The third-order valence-corrected chi connectivity index (χ3v) is 21.4. The van der Waals surface area contributed by atoms with Crippen LogP contribution in [-0.2, 0) is 0 Å². The van der Waals surface area contributed by atoms with E-state index in [4.69, 9.17) is 10.0 Å². The first-order valence-corrected chi connectivity index (χ1v) is 32.2. The maximum atomic E-state index is 11.2. The highest BCUT2D eigenvalue weighted by molar-refractivity contribution is 9.10. The van der Waals surface area contributed by atoms with Gasteiger partial charge in [0, 0.05) is 122 Å². The number of rotatable bonds is 3. The van der Waals surface area contributed by atoms with Crippen molar-refractivity contribution in [3.63, 3.8) is 0 Å². The van der Waals surface area contributed by atoms with Gasteiger partial charge in [-0.3, -0.25) is 10.1 Å². The Labute approximate surface area is 515 Å². The van der Waals surface area contributed by atoms with E-state index in [-0.39, 0.29) is 10.6 Å². The van der Waals surface area contributed by atoms with Gasteiger partial charge in [-0.1, -0.05) is 180 Å². The van der Waals surface area contributed by atoms with Crippen molar-refractivity contribution in [1.82, 2.24) is 4.98 Å². The molecule has 3 N–H and O–H groups in total. The highest BCUT2D eigenvalue weighted by Gasteiger charge is 2.17. The van der Waals surface area contributed by atoms with Gasteiger partial charge in [0.15, 0.2) is 0 Å². The Morgan fingerprint density at radius 3 is 1.29 bits per heavy atom. The molecule has 0 aliphatic heterocycles. The molecule has 0 radical (unpaired) electrons. The maximum Gasteiger partial charge on any atom is 0.488 e. The molecule has 0 fully saturated rings. The first-order chi connectivity index (χ1) is 41.7. The Morgan fingerprint density at radius 2 is 0.753 bits per heavy atom. The minimum absolute atomic E-state index is 0.140. The second-order valence-corrected chi connectivity index (χ2v) is 26.6. The number of hydrogen-bond donors (Lipinski definition) is 3. The predicted octanol–water partition coefficient (Wildman–Crippen LogP) is 21.9. The Balaban J connectivity index is 0.0000000954. The number of hydrogen-bond acceptors (Lipinski definition) is 9. The molecule has 18 aromatic rings. The molecule has 408 valence electrons. The minimum Gasteiger partial charge on any atom is -0.423 e. The van der Waals surface area contributed by atoms with Gasteiger partial charge in [0.2, 0.25) is 0 Å². The first kappa shape index (κ1) is 54.3. The standard InChI is InChI=1S/C18H11NO2S.C18H11NS.C12H9BO2S.C12H7BrS.C12H8S/c20-19(21)16-7-3-1-5-13(16)12-9-10-18-15(11-12)14-6-2-4-8-17(14)22-18;1-3-7-14-11(5-1)12-9-10-16-17(18(12)19-14)13-6-2-4-8-15(13)20-16;14-13(15)8-5-6-12-10(7-8)9-3-1-2-4-11(9)16-12;13-8-5-6-12-10(7-8)9-3-1-2-4-11(9)14-12;1-3-7-11-9(5-1)10-6-2-4-8-12(10)13-11/h1-11H;1-10,19H;1-7,14-15H;1-7H;1-8H. The lowest BCUT2D eigenvalue weighted by Crippen LogP contribution is -2.29. The monoisotopic (exact) mass is 1250 g/mol. The molecule has 12 aromatic carbocycles. The smallest absolute Gasteiger partial charge is 0.423 e. The molecular formula is C72H46BBrN2O4S5. The van der Waals surface area contributed by atoms with Crippen LogP contribution in [0.3, 0.4) is 0 Å². The van der Waals surface area contributed by atoms with Crippen LogP contribution in [0, 0.1) is 10.1 Å². The van der Waals surface area contributed by atoms with E-state index < -0.39 is 7.12 Å². The zero-order valence-corrected chi connectivity index (χ0v) is 50.6. The van der Waals surface area contributed by atoms with Crippen LogP contribution in [-0.4, -0.2) is 27.1 Å². The van der Waals surface area contributed by atoms with E-state index in [1.54, 1.807) is 46.9 Å². The third kappa shape index (κ3) is 10.6. The lowest BCUT2D eigenvalue weighted by atomic mass is 9.80. The zero-order chi connectivity index (χ0) is 57.5. The SMILES string of the molecule is Brc1ccc2sc3ccccc3c2c1.O=[N+]([O-])c1ccccc1-c1ccc2sc3ccccc3c2c1.OB(O)c1ccc2sc3ccccc3c2c1.c1ccc2c(c1)[nH]c1c2ccc2sc3ccccc3c21.c1ccc2c(c1)sc1ccccc12. The van der Waals surface area contributed by atoms with Gasteiger partial charge in [0.05, 0.1) is 16.0 Å². The number of fused-ring (bicyclic) bond motifs is 19. The summed E-state index contributed by atoms with van der Waals surface area (Å²) in [5.41, 5.74) is 4.69. The Bertz CT molecular complexity index is 5470. The van der Waals surface area contributed by atoms with Crippen LogP contribution in [0.15, 0.2) is 265 Å². The van der Waals surface area contributed by atoms with Crippen LogP contribution in [0.2, 0.25) is 0 Å². The molecule has 6 nitrogen and oxygen atoms in total. The summed E-state index contributed by atoms with van der Waals surface area (Å²) in [6.45, 7) is 0. The fraction of sp³-hybridized carbons (Fsp3) is 0. The number of aromatic nitrogens is 1. The van der Waals surface area contributed by atoms with Crippen molar-refractivity contribution in [3.8, 4) is 11.1 Å². The van der Waals surface area contributed by atoms with E-state index in [0.29, 0.717) is 11.0 Å². The number of nitrogens with zero attached hydrogens (tertiary/aromatic N) is 1. The summed E-state index contributed by atoms with van der Waals surface area (Å²) in [6.07, 6.45) is 0. The molecule has 6 heterocycles. The summed E-state index contributed by atoms with van der Waals surface area (Å²) >= 11 is 12.5. The number of thiophene rings is 5. The van der Waals surface area contributed by atoms with Crippen molar-refractivity contribution in [2.75, 3.05) is 0 Å². The van der Waals surface area contributed by atoms with Crippen molar-refractivity contribution in [1.29, 1.82) is 0 Å². The fourth-order valence-corrected chi connectivity index (χ4v) is 17.0. The lowest BCUT2D eigenvalue weighted by molar-refractivity contribution is -0.384. The van der Waals surface area contributed by atoms with E-state index in [1.807, 2.05) is 88.6 Å². The van der Waals surface area contributed by atoms with Crippen LogP contribution < -0.4 is 5.46 Å². The number of nitro groups is 1. The van der Waals surface area contributed by atoms with E-state index in [0.717, 1.165) is 20.8 Å². The molecule has 0 spiro atoms. The van der Waals surface area contributed by atoms with Gasteiger partial charge in [-0.05, 0) is 107 Å². The quantitative estimate of drug-likeness (QED) is 0.0932. The molecule has 0 unspecified atom stereocenters. The predicted molar refractivity (Wildman–Crippen MR) is 376 cm³/mol. The molecule has 6 aromatic heterocycles. The third-order valence-electron chi connectivity index (χ3n) is 15.1. The van der Waals surface area contributed by atoms with E-state index in [1.165, 1.54) is 112 Å². The zero-order valence-electron chi connectivity index (χ0n) is 45.0. The van der Waals surface area contributed by atoms with Crippen molar-refractivity contribution in [2.45, 2.75) is 0 Å². The van der Waals surface area contributed by atoms with Gasteiger partial charge in [-0.25, -0.2) is 0 Å². The number of aromatic amines is 1. The van der Waals surface area contributed by atoms with Crippen molar-refractivity contribution < 1.29 is 15.0 Å². The minimum atomic E-state index is -1.40. The molecule has 0 aliphatic rings. The number of H-pyrrole nitrogens is 1. The molecule has 0 bridgehead atoms. The first-order valence-electron chi connectivity index (χ1n) is 27.4. The van der Waals surface area contributed by atoms with Gasteiger partial charge in [-0.2, -0.15) is 0 Å². The summed E-state index contributed by atoms with van der Waals surface area (Å²) in [7, 11) is -1.40. The van der Waals surface area contributed by atoms with Gasteiger partial charge < -0.3 is 15.0 Å². The average Bonchev–Trinajstić information content (AvgIpc) is 3.93. The van der Waals surface area contributed by atoms with E-state index >= 15 is 0 Å². The molecule has 0 aliphatic carbocycles. The normalized spacial score (nSPS) is 11.3. The van der Waals surface area contributed by atoms with Crippen LogP contribution >= 0.6 is 72.6 Å². The molecule has 85 heavy (non-hydrogen) atoms. The number of halogens is 1. The van der Waals surface area contributed by atoms with Gasteiger partial charge in [0.1, 0.15) is 0 Å². The van der Waals surface area contributed by atoms with Gasteiger partial charge in [-0.15, -0.1) is 56.7 Å². The molecule has 18 rings (SSSR count). The summed E-state index contributed by atoms with van der Waals surface area (Å²) in [5.74, 6) is 0. The number of para-hydroxylation sites is 2. The van der Waals surface area contributed by atoms with Crippen LogP contribution in [0.4, 0.5) is 5.69 Å². The number of benzene rings is 12. The molecule has 0 amide bonds. The largest absolute Gasteiger partial charge is 0.488 e. The lowest BCUT2D eigenvalue weighted by Gasteiger charge is -2.03. The second kappa shape index (κ2) is 23.5. The van der Waals surface area contributed by atoms with Gasteiger partial charge in [0.25, 0.3) is 5.69 Å². The van der Waals surface area contributed by atoms with E-state index in [2.05, 4.69) is 203 Å². The summed E-state index contributed by atoms with van der Waals surface area (Å²) in [6, 6.07) is 88.7. The Hall–Kier alpha value is -8.60. The van der Waals surface area contributed by atoms with Crippen LogP contribution in [0.25, 0.3) is 134 Å². The highest BCUT2D eigenvalue weighted by Crippen LogP contribution is 2.42. The van der Waals surface area contributed by atoms with Crippen LogP contribution in [0.5, 0.6) is 0 Å². The van der Waals surface area contributed by atoms with Crippen molar-refractivity contribution >= 4 is 214 Å². The Kier molecular flexibility index (Phi) is 15.0. The van der Waals surface area contributed by atoms with Crippen molar-refractivity contribution in [3.05, 3.63) is 275 Å². The number of nitro benzene ring substituents is 1. The molecule has 13 heteroatoms. The maximum absolute atomic E-state index is 11.2. The second-order valence-electron chi connectivity index (χ2n) is 20.3. The Morgan fingerprint density at radius 1 is 0.365 bits per heavy atom.